The number of imide groups is 1. The highest BCUT2D eigenvalue weighted by atomic mass is 16.7. The van der Waals surface area contributed by atoms with Crippen LogP contribution in [0.15, 0.2) is 62.2 Å². The molecule has 1 unspecified atom stereocenters. The van der Waals surface area contributed by atoms with Crippen LogP contribution in [-0.4, -0.2) is 91.7 Å². The summed E-state index contributed by atoms with van der Waals surface area (Å²) in [4.78, 5) is 27.7. The van der Waals surface area contributed by atoms with Gasteiger partial charge < -0.3 is 34.5 Å². The summed E-state index contributed by atoms with van der Waals surface area (Å²) < 4.78 is 30.5. The Labute approximate surface area is 223 Å². The molecule has 1 saturated heterocycles. The Morgan fingerprint density at radius 2 is 1.47 bits per heavy atom. The predicted octanol–water partition coefficient (Wildman–Crippen LogP) is 2.19. The lowest BCUT2D eigenvalue weighted by Gasteiger charge is -2.46. The minimum atomic E-state index is -1.11. The van der Waals surface area contributed by atoms with Gasteiger partial charge in [-0.1, -0.05) is 30.4 Å². The molecule has 1 fully saturated rings. The molecule has 10 nitrogen and oxygen atoms in total. The predicted molar refractivity (Wildman–Crippen MR) is 140 cm³/mol. The van der Waals surface area contributed by atoms with Crippen LogP contribution in [0.2, 0.25) is 0 Å². The van der Waals surface area contributed by atoms with E-state index in [0.717, 1.165) is 4.90 Å². The van der Waals surface area contributed by atoms with Gasteiger partial charge in [0.2, 0.25) is 0 Å². The van der Waals surface area contributed by atoms with Gasteiger partial charge in [0.25, 0.3) is 11.8 Å². The maximum absolute atomic E-state index is 13.3. The number of carbonyl (C=O) groups is 2. The molecule has 0 aromatic heterocycles. The second kappa shape index (κ2) is 15.0. The zero-order valence-corrected chi connectivity index (χ0v) is 21.6. The fraction of sp³-hybridized carbons (Fsp3) is 0.500. The van der Waals surface area contributed by atoms with Crippen molar-refractivity contribution in [1.82, 2.24) is 4.90 Å². The maximum atomic E-state index is 13.3. The van der Waals surface area contributed by atoms with E-state index in [2.05, 4.69) is 19.7 Å². The zero-order chi connectivity index (χ0) is 27.5. The van der Waals surface area contributed by atoms with E-state index in [-0.39, 0.29) is 19.8 Å². The molecule has 6 atom stereocenters. The molecule has 0 radical (unpaired) electrons. The highest BCUT2D eigenvalue weighted by Crippen LogP contribution is 2.33. The number of rotatable bonds is 17. The molecule has 1 aromatic rings. The van der Waals surface area contributed by atoms with Crippen LogP contribution in [-0.2, 0) is 23.7 Å². The Hall–Kier alpha value is -2.70. The van der Waals surface area contributed by atoms with Crippen LogP contribution in [0.25, 0.3) is 0 Å². The minimum Gasteiger partial charge on any atom is -0.394 e. The Kier molecular flexibility index (Phi) is 11.8. The number of benzene rings is 1. The van der Waals surface area contributed by atoms with Gasteiger partial charge in [-0.3, -0.25) is 9.59 Å². The first-order chi connectivity index (χ1) is 18.5. The molecule has 2 amide bonds. The molecule has 3 rings (SSSR count). The first-order valence-corrected chi connectivity index (χ1v) is 12.8. The number of amides is 2. The standard InChI is InChI=1S/C28H38N2O8/c1-4-15-34-23-21(18-31)37-28(25(36-17-6-3)24(23)35-16-5-2)38-22(13-9-10-14-29)30-26(32)19-11-7-8-12-20(19)27(30)33/h4-8,11-12,21-25,28,31H,1-3,9-10,13-18,29H2/t21-,22?,23+,24+,25-,28+/m1/s1. The monoisotopic (exact) mass is 530 g/mol. The first kappa shape index (κ1) is 29.9. The number of hydrogen-bond acceptors (Lipinski definition) is 9. The minimum absolute atomic E-state index is 0.144. The number of hydrogen-bond donors (Lipinski definition) is 2. The molecule has 38 heavy (non-hydrogen) atoms. The summed E-state index contributed by atoms with van der Waals surface area (Å²) in [5, 5.41) is 10.2. The van der Waals surface area contributed by atoms with Crippen molar-refractivity contribution < 1.29 is 38.4 Å². The SMILES string of the molecule is C=CCO[C@H]1[C@@H](OCC=C)[C@@H](CO)O[C@@H](OC(CCCCN)N2C(=O)c3ccccc3C2=O)[C@@H]1OCC=C. The summed E-state index contributed by atoms with van der Waals surface area (Å²) in [6.45, 7) is 11.7. The van der Waals surface area contributed by atoms with Gasteiger partial charge in [-0.05, 0) is 37.9 Å². The van der Waals surface area contributed by atoms with Crippen molar-refractivity contribution in [3.05, 3.63) is 73.4 Å². The number of nitrogens with zero attached hydrogens (tertiary/aromatic N) is 1. The molecule has 10 heteroatoms. The van der Waals surface area contributed by atoms with E-state index >= 15 is 0 Å². The van der Waals surface area contributed by atoms with Gasteiger partial charge in [0.05, 0.1) is 37.6 Å². The van der Waals surface area contributed by atoms with Crippen molar-refractivity contribution in [1.29, 1.82) is 0 Å². The van der Waals surface area contributed by atoms with E-state index in [9.17, 15) is 14.7 Å². The highest BCUT2D eigenvalue weighted by Gasteiger charge is 2.50. The van der Waals surface area contributed by atoms with Crippen LogP contribution >= 0.6 is 0 Å². The molecule has 2 aliphatic rings. The lowest BCUT2D eigenvalue weighted by atomic mass is 9.98. The van der Waals surface area contributed by atoms with Gasteiger partial charge in [0.1, 0.15) is 30.6 Å². The molecular weight excluding hydrogens is 492 g/mol. The molecular formula is C28H38N2O8. The average Bonchev–Trinajstić information content (AvgIpc) is 3.19. The number of aliphatic hydroxyl groups is 1. The number of unbranched alkanes of at least 4 members (excludes halogenated alkanes) is 1. The topological polar surface area (TPSA) is 130 Å². The number of fused-ring (bicyclic) bond motifs is 1. The van der Waals surface area contributed by atoms with Gasteiger partial charge in [0, 0.05) is 0 Å². The summed E-state index contributed by atoms with van der Waals surface area (Å²) in [6.07, 6.45) is 1.10. The van der Waals surface area contributed by atoms with E-state index in [0.29, 0.717) is 36.9 Å². The fourth-order valence-electron chi connectivity index (χ4n) is 4.59. The van der Waals surface area contributed by atoms with Crippen molar-refractivity contribution in [2.45, 2.75) is 56.2 Å². The van der Waals surface area contributed by atoms with Crippen molar-refractivity contribution >= 4 is 11.8 Å². The Morgan fingerprint density at radius 3 is 2.00 bits per heavy atom. The normalized spacial score (nSPS) is 25.7. The zero-order valence-electron chi connectivity index (χ0n) is 21.6. The van der Waals surface area contributed by atoms with E-state index < -0.39 is 55.4 Å². The molecule has 0 spiro atoms. The van der Waals surface area contributed by atoms with Crippen molar-refractivity contribution in [3.8, 4) is 0 Å². The van der Waals surface area contributed by atoms with Gasteiger partial charge in [-0.25, -0.2) is 4.90 Å². The van der Waals surface area contributed by atoms with Gasteiger partial charge in [0.15, 0.2) is 6.29 Å². The Morgan fingerprint density at radius 1 is 0.921 bits per heavy atom. The van der Waals surface area contributed by atoms with Crippen LogP contribution in [0, 0.1) is 0 Å². The van der Waals surface area contributed by atoms with E-state index in [1.54, 1.807) is 42.5 Å². The van der Waals surface area contributed by atoms with Crippen LogP contribution in [0.1, 0.15) is 40.0 Å². The van der Waals surface area contributed by atoms with Crippen LogP contribution < -0.4 is 5.73 Å². The van der Waals surface area contributed by atoms with E-state index in [4.69, 9.17) is 29.4 Å². The Bertz CT molecular complexity index is 935. The van der Waals surface area contributed by atoms with Crippen molar-refractivity contribution in [3.63, 3.8) is 0 Å². The first-order valence-electron chi connectivity index (χ1n) is 12.8. The quantitative estimate of drug-likeness (QED) is 0.177. The van der Waals surface area contributed by atoms with Crippen molar-refractivity contribution in [2.24, 2.45) is 5.73 Å². The Balaban J connectivity index is 1.94. The second-order valence-electron chi connectivity index (χ2n) is 8.89. The maximum Gasteiger partial charge on any atom is 0.263 e. The summed E-state index contributed by atoms with van der Waals surface area (Å²) in [5.41, 5.74) is 6.32. The second-order valence-corrected chi connectivity index (χ2v) is 8.89. The van der Waals surface area contributed by atoms with E-state index in [1.165, 1.54) is 0 Å². The van der Waals surface area contributed by atoms with Crippen molar-refractivity contribution in [2.75, 3.05) is 33.0 Å². The lowest BCUT2D eigenvalue weighted by Crippen LogP contribution is -2.63. The van der Waals surface area contributed by atoms with Crippen LogP contribution in [0.5, 0.6) is 0 Å². The van der Waals surface area contributed by atoms with Crippen LogP contribution in [0.3, 0.4) is 0 Å². The number of nitrogens with two attached hydrogens (primary N) is 1. The number of ether oxygens (including phenoxy) is 5. The smallest absolute Gasteiger partial charge is 0.263 e. The average molecular weight is 531 g/mol. The third-order valence-electron chi connectivity index (χ3n) is 6.30. The fourth-order valence-corrected chi connectivity index (χ4v) is 4.59. The van der Waals surface area contributed by atoms with Gasteiger partial charge in [-0.15, -0.1) is 19.7 Å². The molecule has 1 aromatic carbocycles. The number of aliphatic hydroxyl groups excluding tert-OH is 1. The van der Waals surface area contributed by atoms with Gasteiger partial charge in [-0.2, -0.15) is 0 Å². The molecule has 3 N–H and O–H groups in total. The third kappa shape index (κ3) is 6.83. The van der Waals surface area contributed by atoms with Gasteiger partial charge >= 0.3 is 0 Å². The highest BCUT2D eigenvalue weighted by molar-refractivity contribution is 6.21. The summed E-state index contributed by atoms with van der Waals surface area (Å²) >= 11 is 0. The summed E-state index contributed by atoms with van der Waals surface area (Å²) in [7, 11) is 0. The lowest BCUT2D eigenvalue weighted by molar-refractivity contribution is -0.333. The molecule has 0 saturated carbocycles. The molecule has 0 aliphatic carbocycles. The molecule has 208 valence electrons. The molecule has 2 heterocycles. The molecule has 2 aliphatic heterocycles. The number of carbonyl (C=O) groups excluding carboxylic acids is 2. The third-order valence-corrected chi connectivity index (χ3v) is 6.30. The summed E-state index contributed by atoms with van der Waals surface area (Å²) in [5.74, 6) is -0.902. The summed E-state index contributed by atoms with van der Waals surface area (Å²) in [6, 6.07) is 6.64. The largest absolute Gasteiger partial charge is 0.394 e. The molecule has 0 bridgehead atoms. The van der Waals surface area contributed by atoms with Crippen LogP contribution in [0.4, 0.5) is 0 Å². The van der Waals surface area contributed by atoms with E-state index in [1.807, 2.05) is 0 Å².